The third-order valence-electron chi connectivity index (χ3n) is 2.98. The Bertz CT molecular complexity index is 816. The summed E-state index contributed by atoms with van der Waals surface area (Å²) in [6.07, 6.45) is 1.71. The van der Waals surface area contributed by atoms with Gasteiger partial charge in [0.1, 0.15) is 11.2 Å². The van der Waals surface area contributed by atoms with Crippen LogP contribution in [0.1, 0.15) is 10.5 Å². The van der Waals surface area contributed by atoms with Crippen molar-refractivity contribution < 1.29 is 4.79 Å². The minimum absolute atomic E-state index is 0.169. The summed E-state index contributed by atoms with van der Waals surface area (Å²) >= 11 is 7.49. The van der Waals surface area contributed by atoms with E-state index in [2.05, 4.69) is 15.3 Å². The highest BCUT2D eigenvalue weighted by molar-refractivity contribution is 7.99. The first-order valence-corrected chi connectivity index (χ1v) is 7.50. The average Bonchev–Trinajstić information content (AvgIpc) is 2.85. The van der Waals surface area contributed by atoms with Gasteiger partial charge in [0.2, 0.25) is 0 Å². The molecule has 0 saturated carbocycles. The topological polar surface area (TPSA) is 57.8 Å². The standard InChI is InChI=1S/C15H12ClN3OS/c1-17-15(20)13-14(12-11(19-13)6-3-7-18-12)21-10-5-2-4-9(16)8-10/h2-8,19H,1H3,(H,17,20). The third kappa shape index (κ3) is 2.75. The first kappa shape index (κ1) is 14.0. The van der Waals surface area contributed by atoms with Gasteiger partial charge in [0.25, 0.3) is 5.91 Å². The summed E-state index contributed by atoms with van der Waals surface area (Å²) in [5.74, 6) is -0.169. The molecule has 0 aliphatic rings. The summed E-state index contributed by atoms with van der Waals surface area (Å²) in [7, 11) is 1.61. The van der Waals surface area contributed by atoms with Crippen molar-refractivity contribution >= 4 is 40.3 Å². The van der Waals surface area contributed by atoms with Crippen LogP contribution >= 0.6 is 23.4 Å². The molecule has 2 heterocycles. The molecule has 0 bridgehead atoms. The highest BCUT2D eigenvalue weighted by atomic mass is 35.5. The Morgan fingerprint density at radius 2 is 2.19 bits per heavy atom. The van der Waals surface area contributed by atoms with Crippen LogP contribution in [0.2, 0.25) is 5.02 Å². The fraction of sp³-hybridized carbons (Fsp3) is 0.0667. The number of nitrogens with one attached hydrogen (secondary N) is 2. The van der Waals surface area contributed by atoms with Gasteiger partial charge in [-0.2, -0.15) is 0 Å². The van der Waals surface area contributed by atoms with Crippen molar-refractivity contribution in [2.45, 2.75) is 9.79 Å². The molecule has 0 spiro atoms. The number of benzene rings is 1. The Labute approximate surface area is 130 Å². The quantitative estimate of drug-likeness (QED) is 0.774. The van der Waals surface area contributed by atoms with Gasteiger partial charge in [-0.1, -0.05) is 29.4 Å². The Kier molecular flexibility index (Phi) is 3.86. The molecule has 0 unspecified atom stereocenters. The molecule has 0 saturated heterocycles. The molecule has 4 nitrogen and oxygen atoms in total. The van der Waals surface area contributed by atoms with Crippen molar-refractivity contribution in [1.82, 2.24) is 15.3 Å². The lowest BCUT2D eigenvalue weighted by Crippen LogP contribution is -2.18. The summed E-state index contributed by atoms with van der Waals surface area (Å²) in [6, 6.07) is 11.2. The van der Waals surface area contributed by atoms with E-state index in [1.807, 2.05) is 36.4 Å². The summed E-state index contributed by atoms with van der Waals surface area (Å²) in [5.41, 5.74) is 2.12. The lowest BCUT2D eigenvalue weighted by molar-refractivity contribution is 0.0956. The predicted octanol–water partition coefficient (Wildman–Crippen LogP) is 3.73. The van der Waals surface area contributed by atoms with Crippen molar-refractivity contribution in [1.29, 1.82) is 0 Å². The van der Waals surface area contributed by atoms with Gasteiger partial charge in [-0.05, 0) is 30.3 Å². The number of rotatable bonds is 3. The maximum absolute atomic E-state index is 12.1. The van der Waals surface area contributed by atoms with E-state index >= 15 is 0 Å². The number of carbonyl (C=O) groups excluding carboxylic acids is 1. The Morgan fingerprint density at radius 1 is 1.33 bits per heavy atom. The zero-order valence-corrected chi connectivity index (χ0v) is 12.8. The first-order chi connectivity index (χ1) is 10.2. The van der Waals surface area contributed by atoms with Crippen LogP contribution in [0.5, 0.6) is 0 Å². The van der Waals surface area contributed by atoms with Crippen molar-refractivity contribution in [3.8, 4) is 0 Å². The number of halogens is 1. The van der Waals surface area contributed by atoms with E-state index in [9.17, 15) is 4.79 Å². The summed E-state index contributed by atoms with van der Waals surface area (Å²) in [6.45, 7) is 0. The average molecular weight is 318 g/mol. The third-order valence-corrected chi connectivity index (χ3v) is 4.31. The van der Waals surface area contributed by atoms with E-state index in [1.54, 1.807) is 13.2 Å². The second-order valence-electron chi connectivity index (χ2n) is 4.37. The van der Waals surface area contributed by atoms with Crippen LogP contribution in [0.3, 0.4) is 0 Å². The largest absolute Gasteiger partial charge is 0.354 e. The molecule has 3 rings (SSSR count). The van der Waals surface area contributed by atoms with Gasteiger partial charge < -0.3 is 10.3 Å². The molecule has 3 aromatic rings. The van der Waals surface area contributed by atoms with E-state index in [0.29, 0.717) is 10.7 Å². The molecule has 21 heavy (non-hydrogen) atoms. The van der Waals surface area contributed by atoms with Crippen LogP contribution < -0.4 is 5.32 Å². The number of fused-ring (bicyclic) bond motifs is 1. The molecule has 106 valence electrons. The maximum Gasteiger partial charge on any atom is 0.268 e. The Morgan fingerprint density at radius 3 is 2.95 bits per heavy atom. The molecule has 0 radical (unpaired) electrons. The second kappa shape index (κ2) is 5.79. The summed E-state index contributed by atoms with van der Waals surface area (Å²) in [4.78, 5) is 21.3. The number of hydrogen-bond acceptors (Lipinski definition) is 3. The normalized spacial score (nSPS) is 10.8. The molecule has 1 amide bonds. The zero-order valence-electron chi connectivity index (χ0n) is 11.2. The molecule has 1 aromatic carbocycles. The lowest BCUT2D eigenvalue weighted by atomic mass is 10.3. The number of nitrogens with zero attached hydrogens (tertiary/aromatic N) is 1. The fourth-order valence-electron chi connectivity index (χ4n) is 2.03. The van der Waals surface area contributed by atoms with Gasteiger partial charge in [0.15, 0.2) is 0 Å². The van der Waals surface area contributed by atoms with Crippen molar-refractivity contribution in [2.24, 2.45) is 0 Å². The number of H-pyrrole nitrogens is 1. The predicted molar refractivity (Wildman–Crippen MR) is 85.1 cm³/mol. The fourth-order valence-corrected chi connectivity index (χ4v) is 3.36. The van der Waals surface area contributed by atoms with Gasteiger partial charge in [-0.3, -0.25) is 9.78 Å². The highest BCUT2D eigenvalue weighted by Gasteiger charge is 2.18. The van der Waals surface area contributed by atoms with Crippen LogP contribution in [0.15, 0.2) is 52.4 Å². The molecular formula is C15H12ClN3OS. The SMILES string of the molecule is CNC(=O)c1[nH]c2cccnc2c1Sc1cccc(Cl)c1. The van der Waals surface area contributed by atoms with Gasteiger partial charge in [0, 0.05) is 23.2 Å². The molecule has 0 aliphatic heterocycles. The minimum Gasteiger partial charge on any atom is -0.354 e. The molecule has 0 aliphatic carbocycles. The van der Waals surface area contributed by atoms with E-state index in [4.69, 9.17) is 11.6 Å². The Balaban J connectivity index is 2.13. The van der Waals surface area contributed by atoms with Crippen molar-refractivity contribution in [3.63, 3.8) is 0 Å². The number of hydrogen-bond donors (Lipinski definition) is 2. The van der Waals surface area contributed by atoms with E-state index in [1.165, 1.54) is 11.8 Å². The summed E-state index contributed by atoms with van der Waals surface area (Å²) in [5, 5.41) is 3.30. The van der Waals surface area contributed by atoms with Crippen LogP contribution in [-0.4, -0.2) is 22.9 Å². The van der Waals surface area contributed by atoms with Gasteiger partial charge in [-0.25, -0.2) is 0 Å². The highest BCUT2D eigenvalue weighted by Crippen LogP contribution is 2.36. The van der Waals surface area contributed by atoms with Crippen molar-refractivity contribution in [2.75, 3.05) is 7.05 Å². The zero-order chi connectivity index (χ0) is 14.8. The smallest absolute Gasteiger partial charge is 0.268 e. The first-order valence-electron chi connectivity index (χ1n) is 6.31. The van der Waals surface area contributed by atoms with Crippen LogP contribution in [-0.2, 0) is 0 Å². The number of aromatic nitrogens is 2. The number of carbonyl (C=O) groups is 1. The number of amides is 1. The maximum atomic E-state index is 12.1. The van der Waals surface area contributed by atoms with E-state index in [0.717, 1.165) is 20.8 Å². The van der Waals surface area contributed by atoms with Crippen molar-refractivity contribution in [3.05, 3.63) is 53.3 Å². The molecule has 0 atom stereocenters. The van der Waals surface area contributed by atoms with E-state index < -0.39 is 0 Å². The van der Waals surface area contributed by atoms with Crippen LogP contribution in [0.25, 0.3) is 11.0 Å². The number of aromatic amines is 1. The molecule has 0 fully saturated rings. The number of pyridine rings is 1. The van der Waals surface area contributed by atoms with Gasteiger partial charge >= 0.3 is 0 Å². The molecule has 6 heteroatoms. The van der Waals surface area contributed by atoms with Crippen LogP contribution in [0, 0.1) is 0 Å². The molecule has 2 N–H and O–H groups in total. The van der Waals surface area contributed by atoms with Gasteiger partial charge in [-0.15, -0.1) is 0 Å². The second-order valence-corrected chi connectivity index (χ2v) is 5.89. The Hall–Kier alpha value is -1.98. The molecule has 2 aromatic heterocycles. The lowest BCUT2D eigenvalue weighted by Gasteiger charge is -2.04. The summed E-state index contributed by atoms with van der Waals surface area (Å²) < 4.78 is 0. The van der Waals surface area contributed by atoms with Crippen LogP contribution in [0.4, 0.5) is 0 Å². The monoisotopic (exact) mass is 317 g/mol. The minimum atomic E-state index is -0.169. The van der Waals surface area contributed by atoms with E-state index in [-0.39, 0.29) is 5.91 Å². The molecular weight excluding hydrogens is 306 g/mol. The van der Waals surface area contributed by atoms with Gasteiger partial charge in [0.05, 0.1) is 10.4 Å².